The van der Waals surface area contributed by atoms with Crippen molar-refractivity contribution >= 4 is 17.2 Å². The Morgan fingerprint density at radius 1 is 1.10 bits per heavy atom. The van der Waals surface area contributed by atoms with E-state index in [2.05, 4.69) is 24.3 Å². The maximum atomic E-state index is 11.5. The zero-order chi connectivity index (χ0) is 20.3. The van der Waals surface area contributed by atoms with E-state index in [1.807, 2.05) is 11.4 Å². The summed E-state index contributed by atoms with van der Waals surface area (Å²) < 4.78 is 11.2. The zero-order valence-electron chi connectivity index (χ0n) is 16.2. The highest BCUT2D eigenvalue weighted by atomic mass is 32.1. The molecule has 4 aliphatic rings. The lowest BCUT2D eigenvalue weighted by molar-refractivity contribution is -0.992. The van der Waals surface area contributed by atoms with Crippen molar-refractivity contribution in [3.63, 3.8) is 0 Å². The van der Waals surface area contributed by atoms with Gasteiger partial charge in [-0.1, -0.05) is 16.6 Å². The van der Waals surface area contributed by atoms with Crippen LogP contribution in [0.4, 0.5) is 5.69 Å². The van der Waals surface area contributed by atoms with E-state index in [4.69, 9.17) is 4.42 Å². The van der Waals surface area contributed by atoms with Crippen LogP contribution in [0.2, 0.25) is 0 Å². The maximum Gasteiger partial charge on any atom is 0.280 e. The smallest absolute Gasteiger partial charge is 0.280 e. The zero-order valence-corrected chi connectivity index (χ0v) is 17.0. The maximum absolute atomic E-state index is 11.5. The van der Waals surface area contributed by atoms with Gasteiger partial charge in [-0.05, 0) is 23.7 Å². The molecule has 4 fully saturated rings. The number of para-hydroxylation sites is 1. The number of rotatable bonds is 5. The van der Waals surface area contributed by atoms with Crippen molar-refractivity contribution in [2.24, 2.45) is 0 Å². The summed E-state index contributed by atoms with van der Waals surface area (Å²) in [5.74, 6) is 1.30. The molecule has 4 aliphatic heterocycles. The first-order valence-electron chi connectivity index (χ1n) is 9.75. The van der Waals surface area contributed by atoms with Crippen LogP contribution in [0.25, 0.3) is 22.6 Å². The molecule has 0 atom stereocenters. The molecule has 0 spiro atoms. The highest BCUT2D eigenvalue weighted by Crippen LogP contribution is 2.39. The molecule has 11 heteroatoms. The van der Waals surface area contributed by atoms with Crippen molar-refractivity contribution in [1.82, 2.24) is 24.3 Å². The van der Waals surface area contributed by atoms with E-state index in [0.717, 1.165) is 61.5 Å². The predicted octanol–water partition coefficient (Wildman–Crippen LogP) is 2.38. The number of hydrogen-bond acceptors (Lipinski definition) is 9. The minimum absolute atomic E-state index is 0.0355. The molecule has 154 valence electrons. The summed E-state index contributed by atoms with van der Waals surface area (Å²) in [6.07, 6.45) is 0. The molecule has 4 bridgehead atoms. The van der Waals surface area contributed by atoms with Crippen molar-refractivity contribution in [2.45, 2.75) is 6.54 Å². The van der Waals surface area contributed by atoms with Crippen molar-refractivity contribution < 1.29 is 13.8 Å². The third kappa shape index (κ3) is 2.94. The number of nitrogens with zero attached hydrogens (tertiary/aromatic N) is 7. The lowest BCUT2D eigenvalue weighted by atomic mass is 10.1. The van der Waals surface area contributed by atoms with Crippen LogP contribution in [0.1, 0.15) is 5.76 Å². The van der Waals surface area contributed by atoms with Gasteiger partial charge in [-0.2, -0.15) is 0 Å². The highest BCUT2D eigenvalue weighted by Gasteiger charge is 2.49. The fourth-order valence-corrected chi connectivity index (χ4v) is 5.59. The van der Waals surface area contributed by atoms with Crippen molar-refractivity contribution in [1.29, 1.82) is 0 Å². The fraction of sp³-hybridized carbons (Fsp3) is 0.368. The van der Waals surface area contributed by atoms with E-state index in [0.29, 0.717) is 17.9 Å². The quantitative estimate of drug-likeness (QED) is 0.349. The van der Waals surface area contributed by atoms with Gasteiger partial charge in [-0.15, -0.1) is 5.10 Å². The molecule has 0 aliphatic carbocycles. The molecule has 0 unspecified atom stereocenters. The Morgan fingerprint density at radius 2 is 1.80 bits per heavy atom. The number of hydrogen-bond donors (Lipinski definition) is 0. The first-order valence-corrected chi connectivity index (χ1v) is 10.6. The average molecular weight is 426 g/mol. The van der Waals surface area contributed by atoms with Crippen molar-refractivity contribution in [3.8, 4) is 22.6 Å². The molecular weight excluding hydrogens is 406 g/mol. The van der Waals surface area contributed by atoms with E-state index in [1.165, 1.54) is 17.6 Å². The second-order valence-corrected chi connectivity index (χ2v) is 8.98. The second-order valence-electron chi connectivity index (χ2n) is 8.37. The molecule has 0 radical (unpaired) electrons. The molecule has 0 amide bonds. The summed E-state index contributed by atoms with van der Waals surface area (Å²) in [5.41, 5.74) is 2.13. The summed E-state index contributed by atoms with van der Waals surface area (Å²) in [6, 6.07) is 8.56. The lowest BCUT2D eigenvalue weighted by Gasteiger charge is -2.60. The molecule has 7 rings (SSSR count). The van der Waals surface area contributed by atoms with Gasteiger partial charge in [0, 0.05) is 11.4 Å². The largest absolute Gasteiger partial charge is 0.454 e. The fourth-order valence-electron chi connectivity index (χ4n) is 5.13. The van der Waals surface area contributed by atoms with Gasteiger partial charge in [0.1, 0.15) is 38.0 Å². The average Bonchev–Trinajstić information content (AvgIpc) is 3.36. The van der Waals surface area contributed by atoms with E-state index in [-0.39, 0.29) is 10.6 Å². The Balaban J connectivity index is 1.43. The minimum Gasteiger partial charge on any atom is -0.454 e. The molecule has 2 aromatic heterocycles. The van der Waals surface area contributed by atoms with Crippen LogP contribution < -0.4 is 0 Å². The number of benzene rings is 1. The first kappa shape index (κ1) is 18.1. The summed E-state index contributed by atoms with van der Waals surface area (Å²) >= 11 is 1.29. The standard InChI is InChI=1S/C19H20N7O3S/c27-25(28)17-4-2-1-3-14(17)18-5-15(16-7-30-21-20-16)19(29-18)6-26-11-22-8-23(12-26)10-24(9-22)13-26/h1-5,7H,6,8-13H2/q+1. The van der Waals surface area contributed by atoms with Crippen LogP contribution in [-0.4, -0.2) is 73.7 Å². The van der Waals surface area contributed by atoms with Crippen molar-refractivity contribution in [2.75, 3.05) is 40.0 Å². The monoisotopic (exact) mass is 426 g/mol. The normalized spacial score (nSPS) is 29.4. The number of furan rings is 1. The summed E-state index contributed by atoms with van der Waals surface area (Å²) in [4.78, 5) is 18.5. The van der Waals surface area contributed by atoms with Crippen molar-refractivity contribution in [3.05, 3.63) is 51.6 Å². The SMILES string of the molecule is O=[N+]([O-])c1ccccc1-c1cc(-c2csnn2)c(C[N+]23CN4CN(CN(C4)C2)C3)o1. The third-order valence-corrected chi connectivity index (χ3v) is 6.49. The molecule has 10 nitrogen and oxygen atoms in total. The second kappa shape index (κ2) is 6.65. The van der Waals surface area contributed by atoms with Gasteiger partial charge in [0.2, 0.25) is 0 Å². The Morgan fingerprint density at radius 3 is 2.43 bits per heavy atom. The summed E-state index contributed by atoms with van der Waals surface area (Å²) in [6.45, 7) is 6.67. The predicted molar refractivity (Wildman–Crippen MR) is 108 cm³/mol. The number of nitro groups is 1. The van der Waals surface area contributed by atoms with E-state index < -0.39 is 0 Å². The Labute approximate surface area is 176 Å². The number of aromatic nitrogens is 2. The van der Waals surface area contributed by atoms with Gasteiger partial charge in [0.15, 0.2) is 5.76 Å². The minimum atomic E-state index is -0.370. The molecule has 1 aromatic carbocycles. The molecule has 0 N–H and O–H groups in total. The van der Waals surface area contributed by atoms with Crippen LogP contribution in [-0.2, 0) is 6.54 Å². The summed E-state index contributed by atoms with van der Waals surface area (Å²) in [7, 11) is 0. The van der Waals surface area contributed by atoms with E-state index in [1.54, 1.807) is 18.2 Å². The van der Waals surface area contributed by atoms with E-state index >= 15 is 0 Å². The van der Waals surface area contributed by atoms with Gasteiger partial charge in [-0.3, -0.25) is 14.6 Å². The summed E-state index contributed by atoms with van der Waals surface area (Å²) in [5, 5.41) is 17.7. The molecule has 4 saturated heterocycles. The van der Waals surface area contributed by atoms with Gasteiger partial charge in [-0.25, -0.2) is 14.7 Å². The van der Waals surface area contributed by atoms with Crippen LogP contribution in [0.15, 0.2) is 40.1 Å². The third-order valence-electron chi connectivity index (χ3n) is 5.99. The Kier molecular flexibility index (Phi) is 4.01. The first-order chi connectivity index (χ1) is 14.6. The molecule has 6 heterocycles. The number of nitro benzene ring substituents is 1. The molecule has 0 saturated carbocycles. The van der Waals surface area contributed by atoms with Crippen LogP contribution in [0.5, 0.6) is 0 Å². The van der Waals surface area contributed by atoms with Gasteiger partial charge < -0.3 is 4.42 Å². The van der Waals surface area contributed by atoms with Crippen LogP contribution >= 0.6 is 11.5 Å². The topological polar surface area (TPSA) is 91.8 Å². The van der Waals surface area contributed by atoms with E-state index in [9.17, 15) is 10.1 Å². The molecular formula is C19H20N7O3S+. The van der Waals surface area contributed by atoms with Crippen LogP contribution in [0.3, 0.4) is 0 Å². The number of quaternary nitrogens is 1. The van der Waals surface area contributed by atoms with Gasteiger partial charge in [0.05, 0.1) is 36.1 Å². The molecule has 30 heavy (non-hydrogen) atoms. The molecule has 3 aromatic rings. The Hall–Kier alpha value is -2.70. The lowest BCUT2D eigenvalue weighted by Crippen LogP contribution is -2.78. The Bertz CT molecular complexity index is 1080. The van der Waals surface area contributed by atoms with Gasteiger partial charge >= 0.3 is 0 Å². The highest BCUT2D eigenvalue weighted by molar-refractivity contribution is 7.03. The van der Waals surface area contributed by atoms with Gasteiger partial charge in [0.25, 0.3) is 5.69 Å². The van der Waals surface area contributed by atoms with Crippen LogP contribution in [0, 0.1) is 10.1 Å².